The summed E-state index contributed by atoms with van der Waals surface area (Å²) >= 11 is 0. The Labute approximate surface area is 211 Å². The highest BCUT2D eigenvalue weighted by Crippen LogP contribution is 2.31. The Bertz CT molecular complexity index is 1290. The molecule has 1 aliphatic rings. The SMILES string of the molecule is CCOc1cc(/C=C(\C#N)C(=O)N2CCc3ccccc32)ccc1OCCOc1cccc(OC)c1. The average Bonchev–Trinajstić information content (AvgIpc) is 3.35. The van der Waals surface area contributed by atoms with Crippen LogP contribution in [0.5, 0.6) is 23.0 Å². The summed E-state index contributed by atoms with van der Waals surface area (Å²) in [7, 11) is 1.61. The van der Waals surface area contributed by atoms with Crippen LogP contribution in [0.1, 0.15) is 18.1 Å². The largest absolute Gasteiger partial charge is 0.497 e. The third kappa shape index (κ3) is 5.78. The Morgan fingerprint density at radius 3 is 2.58 bits per heavy atom. The number of benzene rings is 3. The van der Waals surface area contributed by atoms with Gasteiger partial charge < -0.3 is 23.8 Å². The van der Waals surface area contributed by atoms with Crippen LogP contribution in [0.25, 0.3) is 6.08 Å². The van der Waals surface area contributed by atoms with Crippen LogP contribution in [0.3, 0.4) is 0 Å². The first kappa shape index (κ1) is 24.7. The molecule has 0 saturated heterocycles. The molecule has 0 saturated carbocycles. The molecular formula is C29H28N2O5. The number of amides is 1. The zero-order valence-corrected chi connectivity index (χ0v) is 20.4. The number of fused-ring (bicyclic) bond motifs is 1. The van der Waals surface area contributed by atoms with E-state index >= 15 is 0 Å². The molecule has 1 aliphatic heterocycles. The molecule has 3 aromatic carbocycles. The number of hydrogen-bond donors (Lipinski definition) is 0. The van der Waals surface area contributed by atoms with Crippen molar-refractivity contribution in [3.8, 4) is 29.1 Å². The number of para-hydroxylation sites is 1. The van der Waals surface area contributed by atoms with Gasteiger partial charge in [0.2, 0.25) is 0 Å². The summed E-state index contributed by atoms with van der Waals surface area (Å²) in [5.41, 5.74) is 2.71. The topological polar surface area (TPSA) is 81.0 Å². The Morgan fingerprint density at radius 2 is 1.78 bits per heavy atom. The lowest BCUT2D eigenvalue weighted by Crippen LogP contribution is -2.29. The molecule has 0 bridgehead atoms. The number of hydrogen-bond acceptors (Lipinski definition) is 6. The first-order valence-electron chi connectivity index (χ1n) is 11.8. The Morgan fingerprint density at radius 1 is 0.972 bits per heavy atom. The van der Waals surface area contributed by atoms with E-state index in [1.807, 2.05) is 55.5 Å². The van der Waals surface area contributed by atoms with Crippen molar-refractivity contribution in [1.29, 1.82) is 5.26 Å². The monoisotopic (exact) mass is 484 g/mol. The third-order valence-corrected chi connectivity index (χ3v) is 5.71. The highest BCUT2D eigenvalue weighted by molar-refractivity contribution is 6.12. The number of carbonyl (C=O) groups is 1. The van der Waals surface area contributed by atoms with Crippen LogP contribution >= 0.6 is 0 Å². The van der Waals surface area contributed by atoms with Gasteiger partial charge in [-0.3, -0.25) is 4.79 Å². The lowest BCUT2D eigenvalue weighted by atomic mass is 10.1. The van der Waals surface area contributed by atoms with E-state index in [2.05, 4.69) is 6.07 Å². The van der Waals surface area contributed by atoms with E-state index in [0.29, 0.717) is 49.2 Å². The molecule has 7 heteroatoms. The molecule has 0 atom stereocenters. The first-order chi connectivity index (χ1) is 17.6. The lowest BCUT2D eigenvalue weighted by molar-refractivity contribution is -0.114. The van der Waals surface area contributed by atoms with E-state index in [1.54, 1.807) is 36.3 Å². The average molecular weight is 485 g/mol. The number of methoxy groups -OCH3 is 1. The van der Waals surface area contributed by atoms with Gasteiger partial charge in [-0.05, 0) is 60.9 Å². The zero-order valence-electron chi connectivity index (χ0n) is 20.4. The number of nitriles is 1. The highest BCUT2D eigenvalue weighted by atomic mass is 16.5. The molecule has 4 rings (SSSR count). The maximum absolute atomic E-state index is 13.1. The van der Waals surface area contributed by atoms with E-state index in [0.717, 1.165) is 23.4 Å². The second-order valence-electron chi connectivity index (χ2n) is 8.02. The second kappa shape index (κ2) is 11.8. The molecule has 0 fully saturated rings. The first-order valence-corrected chi connectivity index (χ1v) is 11.8. The summed E-state index contributed by atoms with van der Waals surface area (Å²) in [6, 6.07) is 22.5. The van der Waals surface area contributed by atoms with Crippen LogP contribution in [0, 0.1) is 11.3 Å². The maximum atomic E-state index is 13.1. The van der Waals surface area contributed by atoms with Crippen molar-refractivity contribution in [3.05, 3.63) is 83.4 Å². The van der Waals surface area contributed by atoms with Gasteiger partial charge in [0.25, 0.3) is 5.91 Å². The van der Waals surface area contributed by atoms with Crippen molar-refractivity contribution >= 4 is 17.7 Å². The summed E-state index contributed by atoms with van der Waals surface area (Å²) in [6.07, 6.45) is 2.37. The van der Waals surface area contributed by atoms with Gasteiger partial charge in [-0.25, -0.2) is 0 Å². The van der Waals surface area contributed by atoms with E-state index in [-0.39, 0.29) is 11.5 Å². The molecule has 0 spiro atoms. The van der Waals surface area contributed by atoms with Gasteiger partial charge in [-0.15, -0.1) is 0 Å². The summed E-state index contributed by atoms with van der Waals surface area (Å²) in [6.45, 7) is 3.53. The minimum Gasteiger partial charge on any atom is -0.497 e. The van der Waals surface area contributed by atoms with Gasteiger partial charge in [-0.1, -0.05) is 30.3 Å². The van der Waals surface area contributed by atoms with E-state index in [4.69, 9.17) is 18.9 Å². The molecule has 0 aromatic heterocycles. The van der Waals surface area contributed by atoms with Crippen LogP contribution < -0.4 is 23.8 Å². The number of rotatable bonds is 10. The van der Waals surface area contributed by atoms with Gasteiger partial charge in [-0.2, -0.15) is 5.26 Å². The maximum Gasteiger partial charge on any atom is 0.268 e. The molecule has 0 radical (unpaired) electrons. The van der Waals surface area contributed by atoms with Crippen LogP contribution in [0.2, 0.25) is 0 Å². The lowest BCUT2D eigenvalue weighted by Gasteiger charge is -2.17. The Balaban J connectivity index is 1.44. The van der Waals surface area contributed by atoms with Crippen LogP contribution in [0.15, 0.2) is 72.3 Å². The highest BCUT2D eigenvalue weighted by Gasteiger charge is 2.26. The van der Waals surface area contributed by atoms with Crippen molar-refractivity contribution in [2.45, 2.75) is 13.3 Å². The van der Waals surface area contributed by atoms with E-state index in [9.17, 15) is 10.1 Å². The molecule has 184 valence electrons. The summed E-state index contributed by atoms with van der Waals surface area (Å²) in [4.78, 5) is 14.8. The molecular weight excluding hydrogens is 456 g/mol. The van der Waals surface area contributed by atoms with Gasteiger partial charge in [0, 0.05) is 18.3 Å². The van der Waals surface area contributed by atoms with Crippen molar-refractivity contribution in [3.63, 3.8) is 0 Å². The normalized spacial score (nSPS) is 12.5. The van der Waals surface area contributed by atoms with Crippen LogP contribution in [-0.2, 0) is 11.2 Å². The number of nitrogens with zero attached hydrogens (tertiary/aromatic N) is 2. The molecule has 7 nitrogen and oxygen atoms in total. The van der Waals surface area contributed by atoms with Crippen molar-refractivity contribution in [1.82, 2.24) is 0 Å². The third-order valence-electron chi connectivity index (χ3n) is 5.71. The smallest absolute Gasteiger partial charge is 0.268 e. The molecule has 36 heavy (non-hydrogen) atoms. The van der Waals surface area contributed by atoms with Gasteiger partial charge >= 0.3 is 0 Å². The Kier molecular flexibility index (Phi) is 8.09. The summed E-state index contributed by atoms with van der Waals surface area (Å²) in [5, 5.41) is 9.72. The molecule has 1 amide bonds. The van der Waals surface area contributed by atoms with Crippen molar-refractivity contribution in [2.75, 3.05) is 38.4 Å². The van der Waals surface area contributed by atoms with Crippen molar-refractivity contribution in [2.24, 2.45) is 0 Å². The molecule has 0 aliphatic carbocycles. The van der Waals surface area contributed by atoms with Gasteiger partial charge in [0.1, 0.15) is 36.4 Å². The fourth-order valence-electron chi connectivity index (χ4n) is 4.01. The predicted octanol–water partition coefficient (Wildman–Crippen LogP) is 5.05. The fraction of sp³-hybridized carbons (Fsp3) is 0.241. The predicted molar refractivity (Wildman–Crippen MR) is 138 cm³/mol. The molecule has 3 aromatic rings. The Hall–Kier alpha value is -4.44. The molecule has 1 heterocycles. The minimum atomic E-state index is -0.310. The number of anilines is 1. The number of carbonyl (C=O) groups excluding carboxylic acids is 1. The van der Waals surface area contributed by atoms with Crippen LogP contribution in [0.4, 0.5) is 5.69 Å². The fourth-order valence-corrected chi connectivity index (χ4v) is 4.01. The van der Waals surface area contributed by atoms with Gasteiger partial charge in [0.05, 0.1) is 13.7 Å². The summed E-state index contributed by atoms with van der Waals surface area (Å²) in [5.74, 6) is 2.19. The number of ether oxygens (including phenoxy) is 4. The zero-order chi connectivity index (χ0) is 25.3. The molecule has 0 unspecified atom stereocenters. The quantitative estimate of drug-likeness (QED) is 0.228. The standard InChI is InChI=1S/C29H28N2O5/c1-3-34-28-18-21(11-12-27(28)36-16-15-35-25-9-6-8-24(19-25)33-2)17-23(20-30)29(32)31-14-13-22-7-4-5-10-26(22)31/h4-12,17-19H,3,13-16H2,1-2H3/b23-17+. The summed E-state index contributed by atoms with van der Waals surface area (Å²) < 4.78 is 22.6. The minimum absolute atomic E-state index is 0.0644. The molecule has 0 N–H and O–H groups in total. The van der Waals surface area contributed by atoms with Crippen LogP contribution in [-0.4, -0.2) is 39.4 Å². The second-order valence-corrected chi connectivity index (χ2v) is 8.02. The van der Waals surface area contributed by atoms with Gasteiger partial charge in [0.15, 0.2) is 11.5 Å². The van der Waals surface area contributed by atoms with Crippen molar-refractivity contribution < 1.29 is 23.7 Å². The van der Waals surface area contributed by atoms with E-state index < -0.39 is 0 Å². The van der Waals surface area contributed by atoms with E-state index in [1.165, 1.54) is 0 Å².